The Labute approximate surface area is 156 Å². The molecule has 2 atom stereocenters. The van der Waals surface area contributed by atoms with Crippen molar-refractivity contribution in [3.05, 3.63) is 35.4 Å². The lowest BCUT2D eigenvalue weighted by Gasteiger charge is -2.22. The van der Waals surface area contributed by atoms with Gasteiger partial charge in [0.05, 0.1) is 0 Å². The molecule has 1 aromatic rings. The van der Waals surface area contributed by atoms with Crippen LogP contribution in [0, 0.1) is 11.8 Å². The number of hydrogen-bond donors (Lipinski definition) is 1. The van der Waals surface area contributed by atoms with Gasteiger partial charge in [-0.3, -0.25) is 9.59 Å². The fraction of sp³-hybridized carbons (Fsp3) is 0.619. The number of likely N-dealkylation sites (tertiary alicyclic amines) is 1. The quantitative estimate of drug-likeness (QED) is 0.881. The maximum absolute atomic E-state index is 12.9. The highest BCUT2D eigenvalue weighted by Crippen LogP contribution is 2.27. The van der Waals surface area contributed by atoms with Crippen LogP contribution in [0.1, 0.15) is 53.8 Å². The van der Waals surface area contributed by atoms with Gasteiger partial charge in [0.25, 0.3) is 11.8 Å². The Hall–Kier alpha value is -1.88. The first-order valence-corrected chi connectivity index (χ1v) is 10.0. The van der Waals surface area contributed by atoms with Gasteiger partial charge in [0.15, 0.2) is 0 Å². The van der Waals surface area contributed by atoms with E-state index in [9.17, 15) is 9.59 Å². The van der Waals surface area contributed by atoms with Gasteiger partial charge in [-0.1, -0.05) is 6.92 Å². The number of benzene rings is 1. The molecule has 142 valence electrons. The molecule has 2 amide bonds. The average molecular weight is 357 g/mol. The second kappa shape index (κ2) is 8.67. The Kier molecular flexibility index (Phi) is 6.30. The Balaban J connectivity index is 1.64. The van der Waals surface area contributed by atoms with E-state index in [-0.39, 0.29) is 11.8 Å². The maximum Gasteiger partial charge on any atom is 0.253 e. The lowest BCUT2D eigenvalue weighted by atomic mass is 9.92. The van der Waals surface area contributed by atoms with E-state index < -0.39 is 0 Å². The molecule has 5 nitrogen and oxygen atoms in total. The number of rotatable bonds is 5. The summed E-state index contributed by atoms with van der Waals surface area (Å²) in [7, 11) is 0. The van der Waals surface area contributed by atoms with Gasteiger partial charge >= 0.3 is 0 Å². The summed E-state index contributed by atoms with van der Waals surface area (Å²) >= 11 is 0. The first-order valence-electron chi connectivity index (χ1n) is 10.0. The number of fused-ring (bicyclic) bond motifs is 1. The van der Waals surface area contributed by atoms with Crippen LogP contribution in [-0.2, 0) is 0 Å². The zero-order chi connectivity index (χ0) is 18.5. The monoisotopic (exact) mass is 357 g/mol. The van der Waals surface area contributed by atoms with Crippen LogP contribution in [0.15, 0.2) is 24.3 Å². The molecule has 2 aliphatic rings. The third kappa shape index (κ3) is 4.09. The number of nitrogens with one attached hydrogen (secondary N) is 1. The summed E-state index contributed by atoms with van der Waals surface area (Å²) in [4.78, 5) is 29.2. The van der Waals surface area contributed by atoms with Crippen molar-refractivity contribution in [2.45, 2.75) is 33.1 Å². The van der Waals surface area contributed by atoms with E-state index in [0.29, 0.717) is 29.5 Å². The molecule has 1 N–H and O–H groups in total. The van der Waals surface area contributed by atoms with E-state index in [1.165, 1.54) is 0 Å². The first-order chi connectivity index (χ1) is 12.6. The molecule has 0 saturated carbocycles. The van der Waals surface area contributed by atoms with Gasteiger partial charge in [-0.15, -0.1) is 0 Å². The van der Waals surface area contributed by atoms with E-state index in [2.05, 4.69) is 12.2 Å². The van der Waals surface area contributed by atoms with Gasteiger partial charge in [0.2, 0.25) is 0 Å². The van der Waals surface area contributed by atoms with Gasteiger partial charge in [-0.25, -0.2) is 0 Å². The number of carbonyl (C=O) groups is 2. The van der Waals surface area contributed by atoms with Crippen molar-refractivity contribution in [2.24, 2.45) is 11.8 Å². The number of nitrogens with zero attached hydrogens (tertiary/aromatic N) is 2. The average Bonchev–Trinajstić information content (AvgIpc) is 3.03. The number of carbonyl (C=O) groups excluding carboxylic acids is 2. The summed E-state index contributed by atoms with van der Waals surface area (Å²) in [5.41, 5.74) is 1.35. The molecule has 26 heavy (non-hydrogen) atoms. The second-order valence-electron chi connectivity index (χ2n) is 7.51. The third-order valence-corrected chi connectivity index (χ3v) is 5.85. The van der Waals surface area contributed by atoms with Gasteiger partial charge in [0, 0.05) is 37.3 Å². The largest absolute Gasteiger partial charge is 0.339 e. The van der Waals surface area contributed by atoms with Crippen LogP contribution >= 0.6 is 0 Å². The SMILES string of the molecule is CCCN(CC)C(=O)c1ccc(C(=O)N2CC[C@@H]3CNC[C@@H]3CC2)cc1. The standard InChI is InChI=1S/C21H31N3O2/c1-3-11-23(4-2)20(25)16-5-7-17(8-6-16)21(26)24-12-9-18-14-22-15-19(18)10-13-24/h5-8,18-19,22H,3-4,9-15H2,1-2H3/t18-,19+. The normalized spacial score (nSPS) is 22.6. The zero-order valence-electron chi connectivity index (χ0n) is 16.0. The molecule has 1 aromatic carbocycles. The summed E-state index contributed by atoms with van der Waals surface area (Å²) in [5.74, 6) is 1.57. The molecule has 5 heteroatoms. The van der Waals surface area contributed by atoms with E-state index in [4.69, 9.17) is 0 Å². The predicted molar refractivity (Wildman–Crippen MR) is 103 cm³/mol. The highest BCUT2D eigenvalue weighted by atomic mass is 16.2. The summed E-state index contributed by atoms with van der Waals surface area (Å²) in [5, 5.41) is 3.47. The Morgan fingerprint density at radius 3 is 2.15 bits per heavy atom. The fourth-order valence-corrected chi connectivity index (χ4v) is 4.21. The first kappa shape index (κ1) is 18.9. The maximum atomic E-state index is 12.9. The molecule has 2 fully saturated rings. The van der Waals surface area contributed by atoms with Crippen LogP contribution < -0.4 is 5.32 Å². The summed E-state index contributed by atoms with van der Waals surface area (Å²) < 4.78 is 0. The Morgan fingerprint density at radius 2 is 1.62 bits per heavy atom. The van der Waals surface area contributed by atoms with Crippen LogP contribution in [0.2, 0.25) is 0 Å². The molecule has 0 radical (unpaired) electrons. The van der Waals surface area contributed by atoms with Crippen LogP contribution in [-0.4, -0.2) is 60.9 Å². The third-order valence-electron chi connectivity index (χ3n) is 5.85. The molecule has 0 bridgehead atoms. The van der Waals surface area contributed by atoms with E-state index in [1.54, 1.807) is 12.1 Å². The van der Waals surface area contributed by atoms with Crippen LogP contribution in [0.25, 0.3) is 0 Å². The molecule has 0 aromatic heterocycles. The van der Waals surface area contributed by atoms with Crippen molar-refractivity contribution in [2.75, 3.05) is 39.3 Å². The number of amides is 2. The topological polar surface area (TPSA) is 52.7 Å². The smallest absolute Gasteiger partial charge is 0.253 e. The van der Waals surface area contributed by atoms with Crippen molar-refractivity contribution >= 4 is 11.8 Å². The molecule has 0 aliphatic carbocycles. The van der Waals surface area contributed by atoms with Gasteiger partial charge in [-0.05, 0) is 75.4 Å². The van der Waals surface area contributed by atoms with Crippen molar-refractivity contribution < 1.29 is 9.59 Å². The van der Waals surface area contributed by atoms with E-state index in [0.717, 1.165) is 52.0 Å². The van der Waals surface area contributed by atoms with Crippen molar-refractivity contribution in [1.82, 2.24) is 15.1 Å². The summed E-state index contributed by atoms with van der Waals surface area (Å²) in [6, 6.07) is 7.21. The van der Waals surface area contributed by atoms with E-state index in [1.807, 2.05) is 28.9 Å². The Morgan fingerprint density at radius 1 is 1.04 bits per heavy atom. The molecule has 2 saturated heterocycles. The molecule has 0 spiro atoms. The minimum Gasteiger partial charge on any atom is -0.339 e. The highest BCUT2D eigenvalue weighted by molar-refractivity contribution is 5.97. The van der Waals surface area contributed by atoms with Crippen LogP contribution in [0.5, 0.6) is 0 Å². The van der Waals surface area contributed by atoms with Crippen LogP contribution in [0.3, 0.4) is 0 Å². The molecule has 2 heterocycles. The molecular weight excluding hydrogens is 326 g/mol. The predicted octanol–water partition coefficient (Wildman–Crippen LogP) is 2.63. The van der Waals surface area contributed by atoms with Gasteiger partial charge in [0.1, 0.15) is 0 Å². The summed E-state index contributed by atoms with van der Waals surface area (Å²) in [6.07, 6.45) is 3.12. The van der Waals surface area contributed by atoms with Crippen molar-refractivity contribution in [1.29, 1.82) is 0 Å². The Bertz CT molecular complexity index is 615. The van der Waals surface area contributed by atoms with Crippen molar-refractivity contribution in [3.63, 3.8) is 0 Å². The molecule has 2 aliphatic heterocycles. The lowest BCUT2D eigenvalue weighted by molar-refractivity contribution is 0.0749. The van der Waals surface area contributed by atoms with Gasteiger partial charge < -0.3 is 15.1 Å². The second-order valence-corrected chi connectivity index (χ2v) is 7.51. The summed E-state index contributed by atoms with van der Waals surface area (Å²) in [6.45, 7) is 9.40. The molecule has 3 rings (SSSR count). The molecular formula is C21H31N3O2. The minimum absolute atomic E-state index is 0.0449. The van der Waals surface area contributed by atoms with Gasteiger partial charge in [-0.2, -0.15) is 0 Å². The zero-order valence-corrected chi connectivity index (χ0v) is 16.0. The van der Waals surface area contributed by atoms with Crippen LogP contribution in [0.4, 0.5) is 0 Å². The molecule has 0 unspecified atom stereocenters. The minimum atomic E-state index is 0.0449. The number of hydrogen-bond acceptors (Lipinski definition) is 3. The highest BCUT2D eigenvalue weighted by Gasteiger charge is 2.31. The van der Waals surface area contributed by atoms with E-state index >= 15 is 0 Å². The van der Waals surface area contributed by atoms with Crippen molar-refractivity contribution in [3.8, 4) is 0 Å². The lowest BCUT2D eigenvalue weighted by Crippen LogP contribution is -2.33. The fourth-order valence-electron chi connectivity index (χ4n) is 4.21.